The monoisotopic (exact) mass is 529 g/mol. The number of fused-ring (bicyclic) bond motifs is 1. The van der Waals surface area contributed by atoms with Gasteiger partial charge in [0.2, 0.25) is 17.6 Å². The maximum atomic E-state index is 14.0. The minimum atomic E-state index is -0.905. The van der Waals surface area contributed by atoms with Gasteiger partial charge in [0.05, 0.1) is 24.5 Å². The van der Waals surface area contributed by atoms with E-state index in [1.807, 2.05) is 25.7 Å². The lowest BCUT2D eigenvalue weighted by atomic mass is 9.57. The molecule has 4 fully saturated rings. The molecule has 1 aromatic heterocycles. The highest BCUT2D eigenvalue weighted by Gasteiger charge is 2.63. The highest BCUT2D eigenvalue weighted by molar-refractivity contribution is 6.11. The van der Waals surface area contributed by atoms with Gasteiger partial charge in [0, 0.05) is 32.6 Å². The molecule has 2 saturated heterocycles. The Bertz CT molecular complexity index is 1060. The predicted octanol–water partition coefficient (Wildman–Crippen LogP) is 3.17. The molecule has 208 valence electrons. The van der Waals surface area contributed by atoms with E-state index in [-0.39, 0.29) is 23.5 Å². The number of nitrogens with zero attached hydrogens (tertiary/aromatic N) is 5. The summed E-state index contributed by atoms with van der Waals surface area (Å²) in [7, 11) is 0. The molecule has 0 bridgehead atoms. The Kier molecular flexibility index (Phi) is 7.43. The second kappa shape index (κ2) is 10.5. The van der Waals surface area contributed by atoms with Crippen LogP contribution < -0.4 is 4.90 Å². The number of hydrogen-bond acceptors (Lipinski definition) is 10. The molecular formula is C27H39N5O6. The minimum Gasteiger partial charge on any atom is -0.444 e. The van der Waals surface area contributed by atoms with Crippen molar-refractivity contribution in [2.24, 2.45) is 11.3 Å². The van der Waals surface area contributed by atoms with Crippen molar-refractivity contribution in [3.8, 4) is 0 Å². The molecule has 2 spiro atoms. The molecule has 2 aliphatic heterocycles. The van der Waals surface area contributed by atoms with Crippen molar-refractivity contribution in [1.29, 1.82) is 0 Å². The summed E-state index contributed by atoms with van der Waals surface area (Å²) >= 11 is 0. The van der Waals surface area contributed by atoms with Gasteiger partial charge in [-0.25, -0.2) is 14.8 Å². The Hall–Kier alpha value is -2.66. The fraction of sp³-hybridized carbons (Fsp3) is 0.778. The van der Waals surface area contributed by atoms with Gasteiger partial charge in [-0.05, 0) is 52.9 Å². The van der Waals surface area contributed by atoms with Crippen LogP contribution in [-0.2, 0) is 19.0 Å². The molecule has 1 aromatic rings. The third kappa shape index (κ3) is 5.02. The first-order valence-corrected chi connectivity index (χ1v) is 13.9. The summed E-state index contributed by atoms with van der Waals surface area (Å²) in [6.45, 7) is 8.64. The van der Waals surface area contributed by atoms with Crippen molar-refractivity contribution in [2.45, 2.75) is 83.5 Å². The lowest BCUT2D eigenvalue weighted by Gasteiger charge is -2.51. The van der Waals surface area contributed by atoms with Gasteiger partial charge in [-0.2, -0.15) is 4.98 Å². The molecule has 5 rings (SSSR count). The maximum Gasteiger partial charge on any atom is 0.410 e. The van der Waals surface area contributed by atoms with Crippen LogP contribution >= 0.6 is 0 Å². The summed E-state index contributed by atoms with van der Waals surface area (Å²) in [4.78, 5) is 56.8. The zero-order chi connectivity index (χ0) is 27.0. The molecule has 0 radical (unpaired) electrons. The first-order valence-electron chi connectivity index (χ1n) is 13.9. The minimum absolute atomic E-state index is 0.0109. The van der Waals surface area contributed by atoms with Crippen molar-refractivity contribution in [1.82, 2.24) is 19.9 Å². The summed E-state index contributed by atoms with van der Waals surface area (Å²) in [6.07, 6.45) is 6.85. The Morgan fingerprint density at radius 1 is 0.974 bits per heavy atom. The predicted molar refractivity (Wildman–Crippen MR) is 137 cm³/mol. The van der Waals surface area contributed by atoms with Crippen molar-refractivity contribution in [2.75, 3.05) is 44.3 Å². The van der Waals surface area contributed by atoms with Gasteiger partial charge in [0.15, 0.2) is 11.6 Å². The Balaban J connectivity index is 1.30. The van der Waals surface area contributed by atoms with Crippen LogP contribution in [-0.4, -0.2) is 88.3 Å². The largest absolute Gasteiger partial charge is 0.444 e. The molecule has 1 unspecified atom stereocenters. The van der Waals surface area contributed by atoms with Crippen LogP contribution in [0.4, 0.5) is 10.7 Å². The smallest absolute Gasteiger partial charge is 0.410 e. The molecule has 1 amide bonds. The van der Waals surface area contributed by atoms with Gasteiger partial charge in [0.1, 0.15) is 11.9 Å². The molecule has 38 heavy (non-hydrogen) atoms. The summed E-state index contributed by atoms with van der Waals surface area (Å²) < 4.78 is 17.7. The number of anilines is 1. The highest BCUT2D eigenvalue weighted by Crippen LogP contribution is 2.56. The van der Waals surface area contributed by atoms with E-state index in [9.17, 15) is 14.4 Å². The van der Waals surface area contributed by atoms with E-state index >= 15 is 0 Å². The van der Waals surface area contributed by atoms with E-state index in [4.69, 9.17) is 14.2 Å². The van der Waals surface area contributed by atoms with E-state index in [2.05, 4.69) is 15.0 Å². The molecule has 3 heterocycles. The average Bonchev–Trinajstić information content (AvgIpc) is 3.21. The van der Waals surface area contributed by atoms with E-state index in [1.165, 1.54) is 6.33 Å². The number of ether oxygens (including phenoxy) is 3. The number of rotatable bonds is 3. The first kappa shape index (κ1) is 26.9. The standard InChI is InChI=1S/C27H39N5O6/c1-25(2,3)38-24(35)32-13-7-12-31(14-15-32)23-29-18-28-22(30-23)20(33)19-8-6-10-26(21(19)34)9-4-5-11-27(26)36-16-17-37-27/h18-19H,4-17H2,1-3H3/t19?,26-/m0/s1. The number of hydrogen-bond donors (Lipinski definition) is 0. The zero-order valence-corrected chi connectivity index (χ0v) is 22.7. The van der Waals surface area contributed by atoms with E-state index < -0.39 is 22.7 Å². The SMILES string of the molecule is CC(C)(C)OC(=O)N1CCCN(c2ncnc(C(=O)C3CCC[C@@]4(CCCCC45OCCO5)C3=O)n2)CC1. The Morgan fingerprint density at radius 2 is 1.71 bits per heavy atom. The molecule has 11 heteroatoms. The summed E-state index contributed by atoms with van der Waals surface area (Å²) in [6, 6.07) is 0. The number of amides is 1. The second-order valence-electron chi connectivity index (χ2n) is 11.8. The summed E-state index contributed by atoms with van der Waals surface area (Å²) in [5.41, 5.74) is -1.35. The van der Waals surface area contributed by atoms with E-state index in [0.717, 1.165) is 19.3 Å². The van der Waals surface area contributed by atoms with E-state index in [0.29, 0.717) is 77.4 Å². The molecule has 2 aliphatic carbocycles. The average molecular weight is 530 g/mol. The fourth-order valence-corrected chi connectivity index (χ4v) is 6.50. The molecule has 2 atom stereocenters. The van der Waals surface area contributed by atoms with Crippen LogP contribution in [0.2, 0.25) is 0 Å². The molecule has 4 aliphatic rings. The van der Waals surface area contributed by atoms with E-state index in [1.54, 1.807) is 4.90 Å². The van der Waals surface area contributed by atoms with Crippen molar-refractivity contribution >= 4 is 23.6 Å². The van der Waals surface area contributed by atoms with Crippen LogP contribution in [0.1, 0.15) is 82.8 Å². The number of Topliss-reactive ketones (excluding diaryl/α,β-unsaturated/α-hetero) is 2. The second-order valence-corrected chi connectivity index (χ2v) is 11.8. The summed E-state index contributed by atoms with van der Waals surface area (Å²) in [5.74, 6) is -1.77. The van der Waals surface area contributed by atoms with Gasteiger partial charge in [0.25, 0.3) is 0 Å². The molecule has 0 aromatic carbocycles. The van der Waals surface area contributed by atoms with Crippen molar-refractivity contribution < 1.29 is 28.6 Å². The summed E-state index contributed by atoms with van der Waals surface area (Å²) in [5, 5.41) is 0. The molecule has 11 nitrogen and oxygen atoms in total. The van der Waals surface area contributed by atoms with Gasteiger partial charge in [-0.1, -0.05) is 12.8 Å². The Labute approximate surface area is 223 Å². The van der Waals surface area contributed by atoms with Gasteiger partial charge >= 0.3 is 6.09 Å². The van der Waals surface area contributed by atoms with Crippen LogP contribution in [0.3, 0.4) is 0 Å². The number of ketones is 2. The lowest BCUT2D eigenvalue weighted by Crippen LogP contribution is -2.60. The quantitative estimate of drug-likeness (QED) is 0.426. The van der Waals surface area contributed by atoms with Crippen LogP contribution in [0.25, 0.3) is 0 Å². The van der Waals surface area contributed by atoms with Gasteiger partial charge in [-0.15, -0.1) is 0 Å². The Morgan fingerprint density at radius 3 is 2.47 bits per heavy atom. The zero-order valence-electron chi connectivity index (χ0n) is 22.7. The normalized spacial score (nSPS) is 28.0. The fourth-order valence-electron chi connectivity index (χ4n) is 6.50. The lowest BCUT2D eigenvalue weighted by molar-refractivity contribution is -0.255. The van der Waals surface area contributed by atoms with Gasteiger partial charge < -0.3 is 24.0 Å². The number of carbonyl (C=O) groups is 3. The first-order chi connectivity index (χ1) is 18.1. The molecule has 2 saturated carbocycles. The maximum absolute atomic E-state index is 14.0. The number of carbonyl (C=O) groups excluding carboxylic acids is 3. The molecule has 0 N–H and O–H groups in total. The molecular weight excluding hydrogens is 490 g/mol. The van der Waals surface area contributed by atoms with Crippen LogP contribution in [0.5, 0.6) is 0 Å². The van der Waals surface area contributed by atoms with Crippen molar-refractivity contribution in [3.05, 3.63) is 12.2 Å². The highest BCUT2D eigenvalue weighted by atomic mass is 16.7. The third-order valence-corrected chi connectivity index (χ3v) is 8.25. The van der Waals surface area contributed by atoms with Crippen LogP contribution in [0, 0.1) is 11.3 Å². The van der Waals surface area contributed by atoms with Crippen molar-refractivity contribution in [3.63, 3.8) is 0 Å². The topological polar surface area (TPSA) is 124 Å². The van der Waals surface area contributed by atoms with Crippen LogP contribution in [0.15, 0.2) is 6.33 Å². The third-order valence-electron chi connectivity index (χ3n) is 8.25. The van der Waals surface area contributed by atoms with Gasteiger partial charge in [-0.3, -0.25) is 9.59 Å². The number of aromatic nitrogens is 3.